The Morgan fingerprint density at radius 1 is 1.35 bits per heavy atom. The van der Waals surface area contributed by atoms with E-state index in [1.54, 1.807) is 4.90 Å². The van der Waals surface area contributed by atoms with Gasteiger partial charge in [-0.15, -0.1) is 0 Å². The molecule has 0 spiro atoms. The molecule has 2 aliphatic heterocycles. The van der Waals surface area contributed by atoms with E-state index in [9.17, 15) is 9.90 Å². The summed E-state index contributed by atoms with van der Waals surface area (Å²) in [5.74, 6) is 0.740. The van der Waals surface area contributed by atoms with E-state index in [1.807, 2.05) is 10.8 Å². The fraction of sp³-hybridized carbons (Fsp3) is 0.714. The molecule has 1 aromatic heterocycles. The van der Waals surface area contributed by atoms with Gasteiger partial charge in [-0.25, -0.2) is 4.98 Å². The first-order valence-corrected chi connectivity index (χ1v) is 7.52. The maximum atomic E-state index is 12.7. The lowest BCUT2D eigenvalue weighted by Crippen LogP contribution is -2.42. The molecule has 20 heavy (non-hydrogen) atoms. The highest BCUT2D eigenvalue weighted by Crippen LogP contribution is 2.21. The molecule has 6 nitrogen and oxygen atoms in total. The highest BCUT2D eigenvalue weighted by Gasteiger charge is 2.28. The molecule has 6 heteroatoms. The lowest BCUT2D eigenvalue weighted by molar-refractivity contribution is 0.0594. The number of hydrogen-bond acceptors (Lipinski definition) is 4. The van der Waals surface area contributed by atoms with E-state index in [0.29, 0.717) is 5.69 Å². The molecule has 2 N–H and O–H groups in total. The Hall–Kier alpha value is -1.56. The number of nitrogens with zero attached hydrogens (tertiary/aromatic N) is 3. The van der Waals surface area contributed by atoms with Gasteiger partial charge in [0.2, 0.25) is 5.95 Å². The van der Waals surface area contributed by atoms with Gasteiger partial charge in [0.05, 0.1) is 12.6 Å². The number of anilines is 1. The molecule has 0 saturated carbocycles. The molecule has 1 fully saturated rings. The van der Waals surface area contributed by atoms with Gasteiger partial charge >= 0.3 is 0 Å². The lowest BCUT2D eigenvalue weighted by atomic mass is 10.1. The van der Waals surface area contributed by atoms with Crippen LogP contribution < -0.4 is 5.32 Å². The quantitative estimate of drug-likeness (QED) is 0.849. The second-order valence-electron chi connectivity index (χ2n) is 5.61. The predicted molar refractivity (Wildman–Crippen MR) is 75.7 cm³/mol. The van der Waals surface area contributed by atoms with Gasteiger partial charge in [0, 0.05) is 25.8 Å². The molecule has 1 saturated heterocycles. The zero-order chi connectivity index (χ0) is 13.9. The van der Waals surface area contributed by atoms with E-state index in [4.69, 9.17) is 0 Å². The number of carbonyl (C=O) groups is 1. The Balaban J connectivity index is 1.81. The van der Waals surface area contributed by atoms with Crippen molar-refractivity contribution in [2.45, 2.75) is 44.7 Å². The average molecular weight is 278 g/mol. The van der Waals surface area contributed by atoms with Gasteiger partial charge in [0.1, 0.15) is 5.69 Å². The number of rotatable bonds is 2. The summed E-state index contributed by atoms with van der Waals surface area (Å²) in [4.78, 5) is 18.9. The highest BCUT2D eigenvalue weighted by atomic mass is 16.3. The molecular weight excluding hydrogens is 256 g/mol. The number of hydrogen-bond donors (Lipinski definition) is 2. The largest absolute Gasteiger partial charge is 0.394 e. The number of aliphatic hydroxyl groups excluding tert-OH is 1. The monoisotopic (exact) mass is 278 g/mol. The highest BCUT2D eigenvalue weighted by molar-refractivity contribution is 5.93. The third-order valence-corrected chi connectivity index (χ3v) is 4.20. The Morgan fingerprint density at radius 3 is 3.05 bits per heavy atom. The summed E-state index contributed by atoms with van der Waals surface area (Å²) in [6, 6.07) is -0.0586. The Labute approximate surface area is 118 Å². The Bertz CT molecular complexity index is 462. The van der Waals surface area contributed by atoms with Crippen LogP contribution >= 0.6 is 0 Å². The minimum absolute atomic E-state index is 0.0392. The predicted octanol–water partition coefficient (Wildman–Crippen LogP) is 1.08. The first-order chi connectivity index (χ1) is 9.79. The van der Waals surface area contributed by atoms with Gasteiger partial charge in [-0.3, -0.25) is 4.79 Å². The molecule has 3 rings (SSSR count). The van der Waals surface area contributed by atoms with Crippen LogP contribution in [0, 0.1) is 0 Å². The number of fused-ring (bicyclic) bond motifs is 1. The Morgan fingerprint density at radius 2 is 2.25 bits per heavy atom. The van der Waals surface area contributed by atoms with Crippen LogP contribution in [0.15, 0.2) is 6.20 Å². The van der Waals surface area contributed by atoms with Crippen LogP contribution in [0.1, 0.15) is 42.6 Å². The van der Waals surface area contributed by atoms with E-state index in [2.05, 4.69) is 10.3 Å². The van der Waals surface area contributed by atoms with Gasteiger partial charge in [0.25, 0.3) is 5.91 Å². The molecular formula is C14H22N4O2. The van der Waals surface area contributed by atoms with Gasteiger partial charge in [0.15, 0.2) is 0 Å². The third-order valence-electron chi connectivity index (χ3n) is 4.20. The van der Waals surface area contributed by atoms with Crippen LogP contribution in [0.3, 0.4) is 0 Å². The first-order valence-electron chi connectivity index (χ1n) is 7.52. The number of aryl methyl sites for hydroxylation is 1. The molecule has 110 valence electrons. The number of nitrogens with one attached hydrogen (secondary N) is 1. The van der Waals surface area contributed by atoms with Crippen LogP contribution in [0.5, 0.6) is 0 Å². The van der Waals surface area contributed by atoms with E-state index in [0.717, 1.165) is 57.7 Å². The van der Waals surface area contributed by atoms with Crippen molar-refractivity contribution in [2.24, 2.45) is 0 Å². The second kappa shape index (κ2) is 5.83. The van der Waals surface area contributed by atoms with Gasteiger partial charge < -0.3 is 19.9 Å². The zero-order valence-electron chi connectivity index (χ0n) is 11.7. The maximum Gasteiger partial charge on any atom is 0.274 e. The summed E-state index contributed by atoms with van der Waals surface area (Å²) in [5.41, 5.74) is 0.495. The SMILES string of the molecule is O=C(c1cn2c(n1)NCCC2)N1CCCCCC1CO. The van der Waals surface area contributed by atoms with Crippen molar-refractivity contribution in [3.8, 4) is 0 Å². The standard InChI is InChI=1S/C14H22N4O2/c19-10-11-5-2-1-3-8-18(11)13(20)12-9-17-7-4-6-15-14(17)16-12/h9,11,19H,1-8,10H2,(H,15,16). The summed E-state index contributed by atoms with van der Waals surface area (Å²) >= 11 is 0. The van der Waals surface area contributed by atoms with E-state index < -0.39 is 0 Å². The minimum atomic E-state index is -0.0586. The van der Waals surface area contributed by atoms with E-state index in [-0.39, 0.29) is 18.6 Å². The summed E-state index contributed by atoms with van der Waals surface area (Å²) in [5, 5.41) is 12.7. The van der Waals surface area contributed by atoms with E-state index in [1.165, 1.54) is 0 Å². The second-order valence-corrected chi connectivity index (χ2v) is 5.61. The molecule has 0 aliphatic carbocycles. The molecule has 2 aliphatic rings. The number of aliphatic hydroxyl groups is 1. The number of likely N-dealkylation sites (tertiary alicyclic amines) is 1. The first kappa shape index (κ1) is 13.4. The molecule has 1 amide bonds. The van der Waals surface area contributed by atoms with Crippen LogP contribution in [0.2, 0.25) is 0 Å². The van der Waals surface area contributed by atoms with Crippen molar-refractivity contribution in [1.29, 1.82) is 0 Å². The van der Waals surface area contributed by atoms with Crippen molar-refractivity contribution in [3.05, 3.63) is 11.9 Å². The number of carbonyl (C=O) groups excluding carboxylic acids is 1. The number of imidazole rings is 1. The summed E-state index contributed by atoms with van der Waals surface area (Å²) in [7, 11) is 0. The average Bonchev–Trinajstić information content (AvgIpc) is 2.77. The molecule has 0 bridgehead atoms. The van der Waals surface area contributed by atoms with Crippen molar-refractivity contribution in [2.75, 3.05) is 25.0 Å². The van der Waals surface area contributed by atoms with Crippen molar-refractivity contribution in [1.82, 2.24) is 14.5 Å². The van der Waals surface area contributed by atoms with Gasteiger partial charge in [-0.2, -0.15) is 0 Å². The van der Waals surface area contributed by atoms with Crippen molar-refractivity contribution < 1.29 is 9.90 Å². The molecule has 1 aromatic rings. The fourth-order valence-corrected chi connectivity index (χ4v) is 3.06. The summed E-state index contributed by atoms with van der Waals surface area (Å²) in [6.07, 6.45) is 6.99. The van der Waals surface area contributed by atoms with E-state index >= 15 is 0 Å². The molecule has 1 unspecified atom stereocenters. The van der Waals surface area contributed by atoms with Crippen LogP contribution in [-0.4, -0.2) is 51.2 Å². The normalized spacial score (nSPS) is 22.9. The third kappa shape index (κ3) is 2.52. The molecule has 0 aromatic carbocycles. The lowest BCUT2D eigenvalue weighted by Gasteiger charge is -2.27. The van der Waals surface area contributed by atoms with Crippen LogP contribution in [-0.2, 0) is 6.54 Å². The minimum Gasteiger partial charge on any atom is -0.394 e. The fourth-order valence-electron chi connectivity index (χ4n) is 3.06. The number of amides is 1. The smallest absolute Gasteiger partial charge is 0.274 e. The van der Waals surface area contributed by atoms with Crippen LogP contribution in [0.4, 0.5) is 5.95 Å². The van der Waals surface area contributed by atoms with Gasteiger partial charge in [-0.05, 0) is 19.3 Å². The molecule has 1 atom stereocenters. The molecule has 3 heterocycles. The topological polar surface area (TPSA) is 70.4 Å². The van der Waals surface area contributed by atoms with Crippen molar-refractivity contribution in [3.63, 3.8) is 0 Å². The zero-order valence-corrected chi connectivity index (χ0v) is 11.7. The van der Waals surface area contributed by atoms with Crippen LogP contribution in [0.25, 0.3) is 0 Å². The summed E-state index contributed by atoms with van der Waals surface area (Å²) < 4.78 is 2.00. The Kier molecular flexibility index (Phi) is 3.91. The molecule has 0 radical (unpaired) electrons. The van der Waals surface area contributed by atoms with Gasteiger partial charge in [-0.1, -0.05) is 12.8 Å². The van der Waals surface area contributed by atoms with Crippen molar-refractivity contribution >= 4 is 11.9 Å². The maximum absolute atomic E-state index is 12.7. The summed E-state index contributed by atoms with van der Waals surface area (Å²) in [6.45, 7) is 2.58. The number of aromatic nitrogens is 2.